The van der Waals surface area contributed by atoms with E-state index in [1.54, 1.807) is 6.92 Å². The Labute approximate surface area is 150 Å². The summed E-state index contributed by atoms with van der Waals surface area (Å²) >= 11 is 0. The van der Waals surface area contributed by atoms with Crippen molar-refractivity contribution in [2.45, 2.75) is 75.0 Å². The lowest BCUT2D eigenvalue weighted by atomic mass is 9.92. The summed E-state index contributed by atoms with van der Waals surface area (Å²) in [5.41, 5.74) is 0. The summed E-state index contributed by atoms with van der Waals surface area (Å²) in [4.78, 5) is 11.5. The lowest BCUT2D eigenvalue weighted by molar-refractivity contribution is -0.331. The number of rotatable bonds is 5. The van der Waals surface area contributed by atoms with E-state index in [2.05, 4.69) is 5.32 Å². The number of carbonyl (C=O) groups excluding carboxylic acids is 1. The van der Waals surface area contributed by atoms with Gasteiger partial charge in [0.2, 0.25) is 5.91 Å². The Morgan fingerprint density at radius 2 is 1.54 bits per heavy atom. The molecule has 11 heteroatoms. The normalized spacial score (nSPS) is 46.8. The van der Waals surface area contributed by atoms with Crippen LogP contribution >= 0.6 is 0 Å². The van der Waals surface area contributed by atoms with Crippen LogP contribution in [-0.2, 0) is 19.0 Å². The van der Waals surface area contributed by atoms with Gasteiger partial charge in [-0.3, -0.25) is 4.79 Å². The molecule has 2 fully saturated rings. The first-order valence-corrected chi connectivity index (χ1v) is 8.38. The highest BCUT2D eigenvalue weighted by molar-refractivity contribution is 5.73. The molecule has 0 spiro atoms. The van der Waals surface area contributed by atoms with Gasteiger partial charge in [-0.25, -0.2) is 0 Å². The molecule has 2 heterocycles. The predicted octanol–water partition coefficient (Wildman–Crippen LogP) is -4.18. The molecule has 0 saturated carbocycles. The Kier molecular flexibility index (Phi) is 7.30. The number of hydrogen-bond acceptors (Lipinski definition) is 10. The predicted molar refractivity (Wildman–Crippen MR) is 83.7 cm³/mol. The van der Waals surface area contributed by atoms with Gasteiger partial charge in [0.05, 0.1) is 25.4 Å². The quantitative estimate of drug-likeness (QED) is 0.247. The van der Waals surface area contributed by atoms with Crippen LogP contribution in [0.1, 0.15) is 13.8 Å². The summed E-state index contributed by atoms with van der Waals surface area (Å²) in [6.07, 6.45) is -11.7. The average molecular weight is 381 g/mol. The second-order valence-electron chi connectivity index (χ2n) is 6.58. The molecule has 0 radical (unpaired) electrons. The van der Waals surface area contributed by atoms with Crippen molar-refractivity contribution in [1.29, 1.82) is 0 Å². The molecule has 152 valence electrons. The van der Waals surface area contributed by atoms with Gasteiger partial charge in [-0.2, -0.15) is 0 Å². The molecule has 0 aromatic carbocycles. The second kappa shape index (κ2) is 8.87. The Morgan fingerprint density at radius 3 is 2.08 bits per heavy atom. The molecule has 11 nitrogen and oxygen atoms in total. The Balaban J connectivity index is 2.21. The minimum Gasteiger partial charge on any atom is -0.394 e. The van der Waals surface area contributed by atoms with E-state index in [4.69, 9.17) is 14.2 Å². The standard InChI is InChI=1S/C15H27NO10/c1-5-9(16-6(2)19)14(11(21)8(4-18)24-5)26-15-13(23)12(22)10(20)7(3-17)25-15/h5,7-15,17-18,20-23H,3-4H2,1-2H3,(H,16,19)/t5-,7?,8?,9?,10-,11-,12-,13?,14+,15-/m0/s1. The molecular weight excluding hydrogens is 354 g/mol. The Bertz CT molecular complexity index is 477. The minimum absolute atomic E-state index is 0.414. The minimum atomic E-state index is -1.66. The second-order valence-corrected chi connectivity index (χ2v) is 6.58. The van der Waals surface area contributed by atoms with Crippen molar-refractivity contribution in [3.8, 4) is 0 Å². The van der Waals surface area contributed by atoms with E-state index in [-0.39, 0.29) is 0 Å². The van der Waals surface area contributed by atoms with Crippen LogP contribution in [0.25, 0.3) is 0 Å². The molecule has 2 aliphatic heterocycles. The lowest BCUT2D eigenvalue weighted by Crippen LogP contribution is -2.67. The molecule has 2 rings (SSSR count). The highest BCUT2D eigenvalue weighted by atomic mass is 16.7. The van der Waals surface area contributed by atoms with Crippen LogP contribution < -0.4 is 5.32 Å². The van der Waals surface area contributed by atoms with Gasteiger partial charge in [-0.1, -0.05) is 0 Å². The molecular formula is C15H27NO10. The van der Waals surface area contributed by atoms with Crippen molar-refractivity contribution >= 4 is 5.91 Å². The van der Waals surface area contributed by atoms with Crippen molar-refractivity contribution < 1.29 is 49.6 Å². The molecule has 0 aliphatic carbocycles. The topological polar surface area (TPSA) is 178 Å². The highest BCUT2D eigenvalue weighted by Gasteiger charge is 2.50. The largest absolute Gasteiger partial charge is 0.394 e. The maximum atomic E-state index is 11.5. The fourth-order valence-corrected chi connectivity index (χ4v) is 3.22. The van der Waals surface area contributed by atoms with Gasteiger partial charge in [0, 0.05) is 6.92 Å². The van der Waals surface area contributed by atoms with Gasteiger partial charge >= 0.3 is 0 Å². The molecule has 7 N–H and O–H groups in total. The zero-order valence-corrected chi connectivity index (χ0v) is 14.5. The van der Waals surface area contributed by atoms with Crippen LogP contribution in [0.15, 0.2) is 0 Å². The number of aliphatic hydroxyl groups excluding tert-OH is 6. The van der Waals surface area contributed by atoms with Gasteiger partial charge in [0.15, 0.2) is 6.29 Å². The summed E-state index contributed by atoms with van der Waals surface area (Å²) in [5.74, 6) is -0.414. The summed E-state index contributed by atoms with van der Waals surface area (Å²) in [7, 11) is 0. The molecule has 4 unspecified atom stereocenters. The fraction of sp³-hybridized carbons (Fsp3) is 0.933. The number of ether oxygens (including phenoxy) is 3. The highest BCUT2D eigenvalue weighted by Crippen LogP contribution is 2.29. The summed E-state index contributed by atoms with van der Waals surface area (Å²) in [6, 6.07) is -0.835. The number of aliphatic hydroxyl groups is 6. The molecule has 2 aliphatic rings. The van der Waals surface area contributed by atoms with E-state index in [1.165, 1.54) is 6.92 Å². The van der Waals surface area contributed by atoms with Gasteiger partial charge in [-0.05, 0) is 6.92 Å². The molecule has 2 saturated heterocycles. The van der Waals surface area contributed by atoms with E-state index in [0.717, 1.165) is 0 Å². The molecule has 0 aromatic heterocycles. The monoisotopic (exact) mass is 381 g/mol. The van der Waals surface area contributed by atoms with E-state index in [9.17, 15) is 35.4 Å². The first-order chi connectivity index (χ1) is 12.2. The van der Waals surface area contributed by atoms with Crippen molar-refractivity contribution in [3.63, 3.8) is 0 Å². The van der Waals surface area contributed by atoms with Gasteiger partial charge < -0.3 is 50.2 Å². The number of amides is 1. The van der Waals surface area contributed by atoms with E-state index in [0.29, 0.717) is 0 Å². The average Bonchev–Trinajstić information content (AvgIpc) is 2.60. The maximum absolute atomic E-state index is 11.5. The molecule has 1 amide bonds. The first-order valence-electron chi connectivity index (χ1n) is 8.38. The summed E-state index contributed by atoms with van der Waals surface area (Å²) < 4.78 is 16.4. The zero-order valence-electron chi connectivity index (χ0n) is 14.5. The van der Waals surface area contributed by atoms with Crippen molar-refractivity contribution in [1.82, 2.24) is 5.32 Å². The molecule has 10 atom stereocenters. The Morgan fingerprint density at radius 1 is 0.962 bits per heavy atom. The third-order valence-electron chi connectivity index (χ3n) is 4.66. The van der Waals surface area contributed by atoms with Crippen molar-refractivity contribution in [3.05, 3.63) is 0 Å². The summed E-state index contributed by atoms with van der Waals surface area (Å²) in [6.45, 7) is 1.74. The van der Waals surface area contributed by atoms with Crippen LogP contribution in [0.4, 0.5) is 0 Å². The van der Waals surface area contributed by atoms with Gasteiger partial charge in [0.25, 0.3) is 0 Å². The van der Waals surface area contributed by atoms with E-state index >= 15 is 0 Å². The first kappa shape index (κ1) is 21.4. The molecule has 26 heavy (non-hydrogen) atoms. The smallest absolute Gasteiger partial charge is 0.217 e. The molecule has 0 bridgehead atoms. The zero-order chi connectivity index (χ0) is 19.6. The van der Waals surface area contributed by atoms with Gasteiger partial charge in [-0.15, -0.1) is 0 Å². The summed E-state index contributed by atoms with van der Waals surface area (Å²) in [5, 5.41) is 61.4. The third-order valence-corrected chi connectivity index (χ3v) is 4.66. The van der Waals surface area contributed by atoms with Crippen molar-refractivity contribution in [2.75, 3.05) is 13.2 Å². The van der Waals surface area contributed by atoms with Crippen LogP contribution in [0.5, 0.6) is 0 Å². The Hall–Kier alpha value is -0.890. The molecule has 0 aromatic rings. The van der Waals surface area contributed by atoms with Crippen LogP contribution in [0, 0.1) is 0 Å². The lowest BCUT2D eigenvalue weighted by Gasteiger charge is -2.47. The fourth-order valence-electron chi connectivity index (χ4n) is 3.22. The van der Waals surface area contributed by atoms with Gasteiger partial charge in [0.1, 0.15) is 42.7 Å². The SMILES string of the molecule is CC(=O)NC1[C@H](C)OC(CO)[C@H](O)[C@@H]1O[C@@H]1OC(CO)[C@H](O)[C@H](O)C1O. The number of hydrogen-bond donors (Lipinski definition) is 7. The van der Waals surface area contributed by atoms with Crippen molar-refractivity contribution in [2.24, 2.45) is 0 Å². The van der Waals surface area contributed by atoms with Crippen LogP contribution in [-0.4, -0.2) is 111 Å². The third kappa shape index (κ3) is 4.32. The van der Waals surface area contributed by atoms with E-state index in [1.807, 2.05) is 0 Å². The van der Waals surface area contributed by atoms with Crippen LogP contribution in [0.2, 0.25) is 0 Å². The number of carbonyl (C=O) groups is 1. The van der Waals surface area contributed by atoms with Crippen LogP contribution in [0.3, 0.4) is 0 Å². The maximum Gasteiger partial charge on any atom is 0.217 e. The van der Waals surface area contributed by atoms with E-state index < -0.39 is 80.3 Å². The number of nitrogens with one attached hydrogen (secondary N) is 1.